The minimum absolute atomic E-state index is 0.240. The lowest BCUT2D eigenvalue weighted by molar-refractivity contribution is 0.441. The SMILES string of the molecule is Cc1ccc(S(=O)(=O)N2CC=C(c3cn(C)c4ncccc34)CC2)cc1Cl. The number of hydrogen-bond donors (Lipinski definition) is 0. The van der Waals surface area contributed by atoms with Crippen molar-refractivity contribution >= 4 is 38.2 Å². The number of aromatic nitrogens is 2. The van der Waals surface area contributed by atoms with Gasteiger partial charge in [-0.1, -0.05) is 23.7 Å². The summed E-state index contributed by atoms with van der Waals surface area (Å²) in [5, 5.41) is 1.56. The highest BCUT2D eigenvalue weighted by molar-refractivity contribution is 7.89. The van der Waals surface area contributed by atoms with Crippen LogP contribution in [0.25, 0.3) is 16.6 Å². The Morgan fingerprint density at radius 3 is 2.74 bits per heavy atom. The van der Waals surface area contributed by atoms with Crippen LogP contribution < -0.4 is 0 Å². The fourth-order valence-electron chi connectivity index (χ4n) is 3.47. The monoisotopic (exact) mass is 401 g/mol. The van der Waals surface area contributed by atoms with E-state index in [9.17, 15) is 8.42 Å². The molecule has 2 aromatic heterocycles. The second kappa shape index (κ2) is 6.78. The van der Waals surface area contributed by atoms with Crippen LogP contribution in [0.2, 0.25) is 5.02 Å². The number of pyridine rings is 1. The van der Waals surface area contributed by atoms with Crippen molar-refractivity contribution in [3.8, 4) is 0 Å². The highest BCUT2D eigenvalue weighted by Gasteiger charge is 2.27. The van der Waals surface area contributed by atoms with Crippen molar-refractivity contribution in [2.24, 2.45) is 7.05 Å². The molecule has 0 saturated heterocycles. The van der Waals surface area contributed by atoms with E-state index in [1.165, 1.54) is 10.4 Å². The first-order valence-corrected chi connectivity index (χ1v) is 10.6. The fourth-order valence-corrected chi connectivity index (χ4v) is 5.12. The molecular weight excluding hydrogens is 382 g/mol. The van der Waals surface area contributed by atoms with Gasteiger partial charge < -0.3 is 4.57 Å². The fraction of sp³-hybridized carbons (Fsp3) is 0.250. The molecule has 0 radical (unpaired) electrons. The number of hydrogen-bond acceptors (Lipinski definition) is 3. The summed E-state index contributed by atoms with van der Waals surface area (Å²) in [6.07, 6.45) is 6.50. The molecule has 0 spiro atoms. The van der Waals surface area contributed by atoms with Crippen molar-refractivity contribution < 1.29 is 8.42 Å². The van der Waals surface area contributed by atoms with Crippen molar-refractivity contribution in [2.45, 2.75) is 18.2 Å². The van der Waals surface area contributed by atoms with Crippen LogP contribution in [0.3, 0.4) is 0 Å². The van der Waals surface area contributed by atoms with Gasteiger partial charge in [0.05, 0.1) is 4.90 Å². The molecule has 7 heteroatoms. The maximum absolute atomic E-state index is 12.9. The highest BCUT2D eigenvalue weighted by Crippen LogP contribution is 2.31. The van der Waals surface area contributed by atoms with Crippen LogP contribution in [0.5, 0.6) is 0 Å². The highest BCUT2D eigenvalue weighted by atomic mass is 35.5. The minimum Gasteiger partial charge on any atom is -0.335 e. The van der Waals surface area contributed by atoms with Crippen LogP contribution in [0, 0.1) is 6.92 Å². The van der Waals surface area contributed by atoms with E-state index in [-0.39, 0.29) is 4.90 Å². The minimum atomic E-state index is -3.56. The first kappa shape index (κ1) is 18.2. The summed E-state index contributed by atoms with van der Waals surface area (Å²) in [6.45, 7) is 2.64. The van der Waals surface area contributed by atoms with Crippen LogP contribution in [0.4, 0.5) is 0 Å². The third-order valence-electron chi connectivity index (χ3n) is 5.03. The van der Waals surface area contributed by atoms with E-state index in [1.807, 2.05) is 30.7 Å². The van der Waals surface area contributed by atoms with Crippen LogP contribution in [0.15, 0.2) is 53.7 Å². The van der Waals surface area contributed by atoms with Gasteiger partial charge in [0.15, 0.2) is 0 Å². The molecule has 140 valence electrons. The summed E-state index contributed by atoms with van der Waals surface area (Å²) in [7, 11) is -1.59. The summed E-state index contributed by atoms with van der Waals surface area (Å²) in [5.74, 6) is 0. The predicted octanol–water partition coefficient (Wildman–Crippen LogP) is 4.01. The molecule has 3 heterocycles. The van der Waals surface area contributed by atoms with Crippen LogP contribution in [-0.4, -0.2) is 35.4 Å². The lowest BCUT2D eigenvalue weighted by Gasteiger charge is -2.26. The van der Waals surface area contributed by atoms with E-state index in [0.717, 1.165) is 27.7 Å². The molecule has 0 bridgehead atoms. The molecule has 27 heavy (non-hydrogen) atoms. The lowest BCUT2D eigenvalue weighted by atomic mass is 10.0. The zero-order valence-electron chi connectivity index (χ0n) is 15.2. The summed E-state index contributed by atoms with van der Waals surface area (Å²) in [6, 6.07) is 8.86. The predicted molar refractivity (Wildman–Crippen MR) is 108 cm³/mol. The number of fused-ring (bicyclic) bond motifs is 1. The number of benzene rings is 1. The van der Waals surface area contributed by atoms with Gasteiger partial charge in [-0.3, -0.25) is 0 Å². The lowest BCUT2D eigenvalue weighted by Crippen LogP contribution is -2.34. The van der Waals surface area contributed by atoms with Gasteiger partial charge in [-0.15, -0.1) is 0 Å². The molecule has 0 fully saturated rings. The molecule has 1 aromatic carbocycles. The summed E-state index contributed by atoms with van der Waals surface area (Å²) >= 11 is 6.12. The summed E-state index contributed by atoms with van der Waals surface area (Å²) in [5.41, 5.74) is 4.07. The van der Waals surface area contributed by atoms with E-state index in [0.29, 0.717) is 24.5 Å². The van der Waals surface area contributed by atoms with Gasteiger partial charge in [0.25, 0.3) is 0 Å². The average molecular weight is 402 g/mol. The number of rotatable bonds is 3. The van der Waals surface area contributed by atoms with E-state index >= 15 is 0 Å². The van der Waals surface area contributed by atoms with Crippen molar-refractivity contribution in [2.75, 3.05) is 13.1 Å². The van der Waals surface area contributed by atoms with Gasteiger partial charge >= 0.3 is 0 Å². The van der Waals surface area contributed by atoms with Gasteiger partial charge in [-0.2, -0.15) is 4.31 Å². The molecule has 0 saturated carbocycles. The smallest absolute Gasteiger partial charge is 0.243 e. The number of sulfonamides is 1. The number of halogens is 1. The average Bonchev–Trinajstić information content (AvgIpc) is 3.01. The second-order valence-corrected chi connectivity index (χ2v) is 9.13. The van der Waals surface area contributed by atoms with E-state index in [4.69, 9.17) is 11.6 Å². The third kappa shape index (κ3) is 3.18. The van der Waals surface area contributed by atoms with Crippen LogP contribution in [0.1, 0.15) is 17.5 Å². The van der Waals surface area contributed by atoms with E-state index in [1.54, 1.807) is 18.3 Å². The molecule has 0 unspecified atom stereocenters. The molecule has 0 amide bonds. The second-order valence-electron chi connectivity index (χ2n) is 6.78. The van der Waals surface area contributed by atoms with Gasteiger partial charge in [0, 0.05) is 48.5 Å². The molecule has 0 N–H and O–H groups in total. The molecule has 4 rings (SSSR count). The Balaban J connectivity index is 1.63. The third-order valence-corrected chi connectivity index (χ3v) is 7.30. The molecule has 1 aliphatic rings. The Morgan fingerprint density at radius 2 is 2.04 bits per heavy atom. The van der Waals surface area contributed by atoms with Crippen molar-refractivity contribution in [1.29, 1.82) is 0 Å². The number of aryl methyl sites for hydroxylation is 2. The maximum Gasteiger partial charge on any atom is 0.243 e. The van der Waals surface area contributed by atoms with Gasteiger partial charge in [0.2, 0.25) is 10.0 Å². The molecular formula is C20H20ClN3O2S. The van der Waals surface area contributed by atoms with E-state index in [2.05, 4.69) is 17.2 Å². The Hall–Kier alpha value is -2.15. The van der Waals surface area contributed by atoms with Gasteiger partial charge in [0.1, 0.15) is 5.65 Å². The first-order chi connectivity index (χ1) is 12.9. The summed E-state index contributed by atoms with van der Waals surface area (Å²) in [4.78, 5) is 4.66. The topological polar surface area (TPSA) is 55.2 Å². The Bertz CT molecular complexity index is 1170. The quantitative estimate of drug-likeness (QED) is 0.666. The van der Waals surface area contributed by atoms with E-state index < -0.39 is 10.0 Å². The Kier molecular flexibility index (Phi) is 4.58. The zero-order valence-corrected chi connectivity index (χ0v) is 16.8. The zero-order chi connectivity index (χ0) is 19.2. The normalized spacial score (nSPS) is 15.9. The number of nitrogens with zero attached hydrogens (tertiary/aromatic N) is 3. The standard InChI is InChI=1S/C20H20ClN3O2S/c1-14-5-6-16(12-19(14)21)27(25,26)24-10-7-15(8-11-24)18-13-23(2)20-17(18)4-3-9-22-20/h3-7,9,12-13H,8,10-11H2,1-2H3. The molecule has 0 atom stereocenters. The first-order valence-electron chi connectivity index (χ1n) is 8.73. The Labute approximate surface area is 163 Å². The molecule has 3 aromatic rings. The molecule has 0 aliphatic carbocycles. The van der Waals surface area contributed by atoms with Crippen molar-refractivity contribution in [3.63, 3.8) is 0 Å². The largest absolute Gasteiger partial charge is 0.335 e. The summed E-state index contributed by atoms with van der Waals surface area (Å²) < 4.78 is 29.4. The molecule has 1 aliphatic heterocycles. The molecule has 5 nitrogen and oxygen atoms in total. The van der Waals surface area contributed by atoms with Crippen molar-refractivity contribution in [1.82, 2.24) is 13.9 Å². The maximum atomic E-state index is 12.9. The van der Waals surface area contributed by atoms with Crippen LogP contribution >= 0.6 is 11.6 Å². The van der Waals surface area contributed by atoms with Crippen LogP contribution in [-0.2, 0) is 17.1 Å². The van der Waals surface area contributed by atoms with Gasteiger partial charge in [-0.25, -0.2) is 13.4 Å². The van der Waals surface area contributed by atoms with Crippen molar-refractivity contribution in [3.05, 3.63) is 65.0 Å². The Morgan fingerprint density at radius 1 is 1.22 bits per heavy atom. The van der Waals surface area contributed by atoms with Gasteiger partial charge in [-0.05, 0) is 48.7 Å².